The van der Waals surface area contributed by atoms with Gasteiger partial charge in [0.05, 0.1) is 5.75 Å². The van der Waals surface area contributed by atoms with E-state index in [0.29, 0.717) is 18.5 Å². The molecule has 0 aliphatic heterocycles. The van der Waals surface area contributed by atoms with Crippen molar-refractivity contribution in [3.05, 3.63) is 0 Å². The minimum Gasteiger partial charge on any atom is -0.313 e. The topological polar surface area (TPSA) is 72.2 Å². The van der Waals surface area contributed by atoms with Crippen LogP contribution in [0.15, 0.2) is 0 Å². The van der Waals surface area contributed by atoms with Crippen LogP contribution in [0.25, 0.3) is 0 Å². The average Bonchev–Trinajstić information content (AvgIpc) is 2.01. The van der Waals surface area contributed by atoms with Crippen molar-refractivity contribution in [2.75, 3.05) is 12.3 Å². The fourth-order valence-corrected chi connectivity index (χ4v) is 1.70. The van der Waals surface area contributed by atoms with Crippen LogP contribution in [-0.4, -0.2) is 26.8 Å². The van der Waals surface area contributed by atoms with Crippen molar-refractivity contribution in [3.63, 3.8) is 0 Å². The van der Waals surface area contributed by atoms with Crippen LogP contribution in [0.5, 0.6) is 0 Å². The summed E-state index contributed by atoms with van der Waals surface area (Å²) in [5, 5.41) is 8.03. The third-order valence-corrected chi connectivity index (χ3v) is 3.11. The van der Waals surface area contributed by atoms with Gasteiger partial charge >= 0.3 is 0 Å². The third-order valence-electron chi connectivity index (χ3n) is 2.33. The second-order valence-electron chi connectivity index (χ2n) is 3.97. The largest absolute Gasteiger partial charge is 0.313 e. The van der Waals surface area contributed by atoms with Crippen LogP contribution < -0.4 is 10.5 Å². The fourth-order valence-electron chi connectivity index (χ4n) is 1.30. The molecule has 0 saturated heterocycles. The smallest absolute Gasteiger partial charge is 0.210 e. The highest BCUT2D eigenvalue weighted by Gasteiger charge is 2.08. The molecule has 0 aromatic heterocycles. The van der Waals surface area contributed by atoms with Gasteiger partial charge in [0.15, 0.2) is 0 Å². The maximum atomic E-state index is 10.6. The normalized spacial score (nSPS) is 16.6. The zero-order valence-corrected chi connectivity index (χ0v) is 10.1. The Kier molecular flexibility index (Phi) is 6.31. The Morgan fingerprint density at radius 1 is 1.36 bits per heavy atom. The summed E-state index contributed by atoms with van der Waals surface area (Å²) in [6.07, 6.45) is 2.22. The number of hydrogen-bond acceptors (Lipinski definition) is 3. The number of primary sulfonamides is 1. The second-order valence-corrected chi connectivity index (χ2v) is 5.71. The number of nitrogens with two attached hydrogens (primary N) is 1. The summed E-state index contributed by atoms with van der Waals surface area (Å²) < 4.78 is 21.3. The van der Waals surface area contributed by atoms with Gasteiger partial charge in [-0.25, -0.2) is 13.6 Å². The van der Waals surface area contributed by atoms with Crippen LogP contribution in [0, 0.1) is 5.92 Å². The molecule has 2 atom stereocenters. The molecule has 86 valence electrons. The predicted octanol–water partition coefficient (Wildman–Crippen LogP) is 0.689. The predicted molar refractivity (Wildman–Crippen MR) is 59.5 cm³/mol. The molecule has 0 aromatic rings. The van der Waals surface area contributed by atoms with E-state index in [0.717, 1.165) is 12.8 Å². The molecular weight excluding hydrogens is 200 g/mol. The van der Waals surface area contributed by atoms with Gasteiger partial charge in [0.25, 0.3) is 0 Å². The van der Waals surface area contributed by atoms with Crippen molar-refractivity contribution in [2.45, 2.75) is 39.7 Å². The summed E-state index contributed by atoms with van der Waals surface area (Å²) >= 11 is 0. The molecule has 3 N–H and O–H groups in total. The monoisotopic (exact) mass is 222 g/mol. The number of hydrogen-bond donors (Lipinski definition) is 2. The van der Waals surface area contributed by atoms with Crippen molar-refractivity contribution in [1.29, 1.82) is 0 Å². The molecule has 0 aliphatic rings. The summed E-state index contributed by atoms with van der Waals surface area (Å²) in [6, 6.07) is 0.353. The SMILES string of the molecule is CCC(C)CC(C)NCCS(N)(=O)=O. The lowest BCUT2D eigenvalue weighted by atomic mass is 10.0. The molecule has 5 heteroatoms. The van der Waals surface area contributed by atoms with Crippen LogP contribution in [0.3, 0.4) is 0 Å². The van der Waals surface area contributed by atoms with Gasteiger partial charge in [-0.15, -0.1) is 0 Å². The van der Waals surface area contributed by atoms with E-state index >= 15 is 0 Å². The fraction of sp³-hybridized carbons (Fsp3) is 1.00. The summed E-state index contributed by atoms with van der Waals surface area (Å²) in [5.41, 5.74) is 0. The molecule has 0 rings (SSSR count). The third kappa shape index (κ3) is 8.47. The van der Waals surface area contributed by atoms with E-state index in [4.69, 9.17) is 5.14 Å². The van der Waals surface area contributed by atoms with E-state index in [-0.39, 0.29) is 5.75 Å². The van der Waals surface area contributed by atoms with Gasteiger partial charge in [-0.05, 0) is 19.3 Å². The van der Waals surface area contributed by atoms with Crippen molar-refractivity contribution < 1.29 is 8.42 Å². The molecule has 0 amide bonds. The van der Waals surface area contributed by atoms with Gasteiger partial charge in [0.2, 0.25) is 10.0 Å². The molecule has 0 aromatic carbocycles. The number of rotatable bonds is 7. The first-order chi connectivity index (χ1) is 6.35. The van der Waals surface area contributed by atoms with E-state index < -0.39 is 10.0 Å². The summed E-state index contributed by atoms with van der Waals surface area (Å²) in [5.74, 6) is 0.685. The van der Waals surface area contributed by atoms with E-state index in [9.17, 15) is 8.42 Å². The molecule has 0 heterocycles. The molecule has 0 spiro atoms. The first kappa shape index (κ1) is 13.9. The number of nitrogens with one attached hydrogen (secondary N) is 1. The summed E-state index contributed by atoms with van der Waals surface area (Å²) in [6.45, 7) is 6.85. The van der Waals surface area contributed by atoms with Crippen molar-refractivity contribution in [2.24, 2.45) is 11.1 Å². The zero-order valence-electron chi connectivity index (χ0n) is 9.29. The van der Waals surface area contributed by atoms with E-state index in [1.807, 2.05) is 0 Å². The molecule has 14 heavy (non-hydrogen) atoms. The molecule has 0 fully saturated rings. The highest BCUT2D eigenvalue weighted by Crippen LogP contribution is 2.08. The Labute approximate surface area is 87.3 Å². The first-order valence-electron chi connectivity index (χ1n) is 5.09. The Balaban J connectivity index is 3.59. The highest BCUT2D eigenvalue weighted by molar-refractivity contribution is 7.89. The second kappa shape index (κ2) is 6.37. The zero-order chi connectivity index (χ0) is 11.2. The van der Waals surface area contributed by atoms with Crippen LogP contribution in [0.2, 0.25) is 0 Å². The number of sulfonamides is 1. The van der Waals surface area contributed by atoms with Crippen molar-refractivity contribution in [1.82, 2.24) is 5.32 Å². The summed E-state index contributed by atoms with van der Waals surface area (Å²) in [7, 11) is -3.32. The van der Waals surface area contributed by atoms with Crippen LogP contribution in [0.4, 0.5) is 0 Å². The van der Waals surface area contributed by atoms with E-state index in [2.05, 4.69) is 26.1 Å². The minimum atomic E-state index is -3.32. The van der Waals surface area contributed by atoms with Crippen LogP contribution >= 0.6 is 0 Å². The molecule has 2 unspecified atom stereocenters. The molecule has 4 nitrogen and oxygen atoms in total. The maximum absolute atomic E-state index is 10.6. The molecular formula is C9H22N2O2S. The Bertz CT molecular complexity index is 239. The Morgan fingerprint density at radius 2 is 1.93 bits per heavy atom. The molecule has 0 bridgehead atoms. The maximum Gasteiger partial charge on any atom is 0.210 e. The Morgan fingerprint density at radius 3 is 2.36 bits per heavy atom. The molecule has 0 aliphatic carbocycles. The van der Waals surface area contributed by atoms with Crippen molar-refractivity contribution in [3.8, 4) is 0 Å². The van der Waals surface area contributed by atoms with Gasteiger partial charge in [-0.2, -0.15) is 0 Å². The lowest BCUT2D eigenvalue weighted by Crippen LogP contribution is -2.33. The lowest BCUT2D eigenvalue weighted by molar-refractivity contribution is 0.419. The lowest BCUT2D eigenvalue weighted by Gasteiger charge is -2.16. The van der Waals surface area contributed by atoms with Crippen molar-refractivity contribution >= 4 is 10.0 Å². The quantitative estimate of drug-likeness (QED) is 0.665. The Hall–Kier alpha value is -0.130. The van der Waals surface area contributed by atoms with E-state index in [1.165, 1.54) is 0 Å². The highest BCUT2D eigenvalue weighted by atomic mass is 32.2. The van der Waals surface area contributed by atoms with Gasteiger partial charge in [0, 0.05) is 12.6 Å². The van der Waals surface area contributed by atoms with E-state index in [1.54, 1.807) is 0 Å². The van der Waals surface area contributed by atoms with Gasteiger partial charge < -0.3 is 5.32 Å². The van der Waals surface area contributed by atoms with Gasteiger partial charge in [0.1, 0.15) is 0 Å². The van der Waals surface area contributed by atoms with Gasteiger partial charge in [-0.3, -0.25) is 0 Å². The molecule has 0 radical (unpaired) electrons. The summed E-state index contributed by atoms with van der Waals surface area (Å²) in [4.78, 5) is 0. The average molecular weight is 222 g/mol. The molecule has 0 saturated carbocycles. The van der Waals surface area contributed by atoms with Gasteiger partial charge in [-0.1, -0.05) is 20.3 Å². The van der Waals surface area contributed by atoms with Crippen LogP contribution in [0.1, 0.15) is 33.6 Å². The van der Waals surface area contributed by atoms with Crippen LogP contribution in [-0.2, 0) is 10.0 Å². The minimum absolute atomic E-state index is 0.0118. The first-order valence-corrected chi connectivity index (χ1v) is 6.80. The standard InChI is InChI=1S/C9H22N2O2S/c1-4-8(2)7-9(3)11-5-6-14(10,12)13/h8-9,11H,4-7H2,1-3H3,(H2,10,12,13).